The molecular weight excluding hydrogens is 368 g/mol. The van der Waals surface area contributed by atoms with Crippen LogP contribution < -0.4 is 5.56 Å². The largest absolute Gasteiger partial charge is 0.338 e. The molecule has 3 aromatic rings. The highest BCUT2D eigenvalue weighted by atomic mass is 16.2. The average Bonchev–Trinajstić information content (AvgIpc) is 3.27. The van der Waals surface area contributed by atoms with Crippen LogP contribution in [0, 0.1) is 13.8 Å². The standard InChI is InChI=1S/C21H24N6O2/c1-14-6-9-27(13-17-11-22-15(2)10-23-17)21(29)19(14)20(28)26-8-3-4-16(12-26)18-5-7-24-25-18/h5-7,9-11,16H,3-4,8,12-13H2,1-2H3,(H,24,25). The zero-order valence-corrected chi connectivity index (χ0v) is 16.6. The van der Waals surface area contributed by atoms with Crippen LogP contribution in [0.1, 0.15) is 51.8 Å². The Morgan fingerprint density at radius 1 is 1.24 bits per heavy atom. The Labute approximate surface area is 168 Å². The minimum atomic E-state index is -0.291. The molecule has 29 heavy (non-hydrogen) atoms. The molecule has 1 N–H and O–H groups in total. The quantitative estimate of drug-likeness (QED) is 0.733. The van der Waals surface area contributed by atoms with Crippen molar-refractivity contribution in [2.24, 2.45) is 0 Å². The van der Waals surface area contributed by atoms with E-state index in [9.17, 15) is 9.59 Å². The van der Waals surface area contributed by atoms with Crippen molar-refractivity contribution in [3.63, 3.8) is 0 Å². The van der Waals surface area contributed by atoms with E-state index in [-0.39, 0.29) is 29.5 Å². The molecule has 1 saturated heterocycles. The van der Waals surface area contributed by atoms with E-state index in [0.29, 0.717) is 24.3 Å². The number of aromatic amines is 1. The molecule has 0 radical (unpaired) electrons. The number of hydrogen-bond acceptors (Lipinski definition) is 5. The summed E-state index contributed by atoms with van der Waals surface area (Å²) in [6, 6.07) is 3.76. The van der Waals surface area contributed by atoms with Gasteiger partial charge in [0.15, 0.2) is 0 Å². The second kappa shape index (κ2) is 7.98. The molecule has 1 unspecified atom stereocenters. The van der Waals surface area contributed by atoms with Gasteiger partial charge in [-0.15, -0.1) is 0 Å². The molecule has 0 spiro atoms. The van der Waals surface area contributed by atoms with Crippen molar-refractivity contribution in [3.8, 4) is 0 Å². The van der Waals surface area contributed by atoms with Crippen LogP contribution in [0.3, 0.4) is 0 Å². The fourth-order valence-corrected chi connectivity index (χ4v) is 3.79. The second-order valence-electron chi connectivity index (χ2n) is 7.56. The predicted octanol–water partition coefficient (Wildman–Crippen LogP) is 2.05. The van der Waals surface area contributed by atoms with E-state index in [1.807, 2.05) is 19.1 Å². The van der Waals surface area contributed by atoms with Crippen LogP contribution in [-0.2, 0) is 6.54 Å². The molecule has 1 fully saturated rings. The molecular formula is C21H24N6O2. The SMILES string of the molecule is Cc1cnc(Cn2ccc(C)c(C(=O)N3CCCC(c4ccn[nH]4)C3)c2=O)cn1. The van der Waals surface area contributed by atoms with Gasteiger partial charge in [0, 0.05) is 43.3 Å². The topological polar surface area (TPSA) is 96.8 Å². The van der Waals surface area contributed by atoms with Gasteiger partial charge in [-0.1, -0.05) is 0 Å². The zero-order valence-electron chi connectivity index (χ0n) is 16.6. The summed E-state index contributed by atoms with van der Waals surface area (Å²) in [5.74, 6) is 0.00494. The molecule has 0 bridgehead atoms. The van der Waals surface area contributed by atoms with Gasteiger partial charge in [-0.2, -0.15) is 5.10 Å². The first-order chi connectivity index (χ1) is 14.0. The summed E-state index contributed by atoms with van der Waals surface area (Å²) in [5.41, 5.74) is 3.16. The molecule has 4 heterocycles. The number of aromatic nitrogens is 5. The number of nitrogens with zero attached hydrogens (tertiary/aromatic N) is 5. The maximum absolute atomic E-state index is 13.3. The molecule has 4 rings (SSSR count). The lowest BCUT2D eigenvalue weighted by atomic mass is 9.94. The summed E-state index contributed by atoms with van der Waals surface area (Å²) in [6.45, 7) is 5.18. The molecule has 0 aliphatic carbocycles. The van der Waals surface area contributed by atoms with Crippen molar-refractivity contribution in [1.82, 2.24) is 29.6 Å². The van der Waals surface area contributed by atoms with E-state index in [2.05, 4.69) is 20.2 Å². The Hall–Kier alpha value is -3.29. The van der Waals surface area contributed by atoms with Gasteiger partial charge in [-0.25, -0.2) is 0 Å². The molecule has 1 aliphatic heterocycles. The van der Waals surface area contributed by atoms with Crippen molar-refractivity contribution >= 4 is 5.91 Å². The van der Waals surface area contributed by atoms with Crippen molar-refractivity contribution in [2.45, 2.75) is 39.2 Å². The minimum absolute atomic E-state index is 0.207. The lowest BCUT2D eigenvalue weighted by Gasteiger charge is -2.32. The molecule has 0 aromatic carbocycles. The monoisotopic (exact) mass is 392 g/mol. The van der Waals surface area contributed by atoms with Crippen LogP contribution in [0.15, 0.2) is 41.7 Å². The average molecular weight is 392 g/mol. The first kappa shape index (κ1) is 19.0. The minimum Gasteiger partial charge on any atom is -0.338 e. The van der Waals surface area contributed by atoms with Gasteiger partial charge < -0.3 is 9.47 Å². The molecule has 150 valence electrons. The smallest absolute Gasteiger partial charge is 0.264 e. The highest BCUT2D eigenvalue weighted by molar-refractivity contribution is 5.95. The number of nitrogens with one attached hydrogen (secondary N) is 1. The molecule has 8 heteroatoms. The zero-order chi connectivity index (χ0) is 20.4. The number of rotatable bonds is 4. The van der Waals surface area contributed by atoms with Gasteiger partial charge in [-0.3, -0.25) is 24.7 Å². The Morgan fingerprint density at radius 2 is 2.10 bits per heavy atom. The summed E-state index contributed by atoms with van der Waals surface area (Å²) in [7, 11) is 0. The third-order valence-electron chi connectivity index (χ3n) is 5.42. The van der Waals surface area contributed by atoms with E-state index >= 15 is 0 Å². The normalized spacial score (nSPS) is 16.8. The van der Waals surface area contributed by atoms with Crippen LogP contribution in [0.2, 0.25) is 0 Å². The van der Waals surface area contributed by atoms with Crippen LogP contribution in [0.4, 0.5) is 0 Å². The second-order valence-corrected chi connectivity index (χ2v) is 7.56. The maximum atomic E-state index is 13.3. The van der Waals surface area contributed by atoms with Gasteiger partial charge in [0.25, 0.3) is 11.5 Å². The van der Waals surface area contributed by atoms with Gasteiger partial charge in [-0.05, 0) is 44.4 Å². The number of H-pyrrole nitrogens is 1. The van der Waals surface area contributed by atoms with Gasteiger partial charge in [0.1, 0.15) is 5.56 Å². The molecule has 1 aliphatic rings. The number of carbonyl (C=O) groups excluding carboxylic acids is 1. The van der Waals surface area contributed by atoms with E-state index < -0.39 is 0 Å². The third kappa shape index (κ3) is 3.96. The van der Waals surface area contributed by atoms with Gasteiger partial charge in [0.2, 0.25) is 0 Å². The highest BCUT2D eigenvalue weighted by Crippen LogP contribution is 2.26. The fourth-order valence-electron chi connectivity index (χ4n) is 3.79. The Kier molecular flexibility index (Phi) is 5.24. The lowest BCUT2D eigenvalue weighted by molar-refractivity contribution is 0.0702. The Balaban J connectivity index is 1.59. The molecule has 1 atom stereocenters. The van der Waals surface area contributed by atoms with E-state index in [0.717, 1.165) is 24.2 Å². The summed E-state index contributed by atoms with van der Waals surface area (Å²) < 4.78 is 1.52. The predicted molar refractivity (Wildman–Crippen MR) is 108 cm³/mol. The van der Waals surface area contributed by atoms with Crippen LogP contribution in [0.25, 0.3) is 0 Å². The number of hydrogen-bond donors (Lipinski definition) is 1. The van der Waals surface area contributed by atoms with Gasteiger partial charge >= 0.3 is 0 Å². The molecule has 0 saturated carbocycles. The summed E-state index contributed by atoms with van der Waals surface area (Å²) >= 11 is 0. The van der Waals surface area contributed by atoms with Crippen LogP contribution in [0.5, 0.6) is 0 Å². The first-order valence-corrected chi connectivity index (χ1v) is 9.79. The number of pyridine rings is 1. The summed E-state index contributed by atoms with van der Waals surface area (Å²) in [4.78, 5) is 36.7. The maximum Gasteiger partial charge on any atom is 0.264 e. The van der Waals surface area contributed by atoms with Crippen molar-refractivity contribution < 1.29 is 4.79 Å². The number of likely N-dealkylation sites (tertiary alicyclic amines) is 1. The third-order valence-corrected chi connectivity index (χ3v) is 5.42. The van der Waals surface area contributed by atoms with Gasteiger partial charge in [0.05, 0.1) is 24.1 Å². The first-order valence-electron chi connectivity index (χ1n) is 9.79. The van der Waals surface area contributed by atoms with Crippen molar-refractivity contribution in [3.05, 3.63) is 75.5 Å². The fraction of sp³-hybridized carbons (Fsp3) is 0.381. The van der Waals surface area contributed by atoms with E-state index in [1.165, 1.54) is 4.57 Å². The molecule has 8 nitrogen and oxygen atoms in total. The van der Waals surface area contributed by atoms with Crippen molar-refractivity contribution in [1.29, 1.82) is 0 Å². The number of piperidine rings is 1. The molecule has 1 amide bonds. The van der Waals surface area contributed by atoms with E-state index in [1.54, 1.807) is 36.6 Å². The summed E-state index contributed by atoms with van der Waals surface area (Å²) in [6.07, 6.45) is 8.65. The number of amides is 1. The number of aryl methyl sites for hydroxylation is 2. The Bertz CT molecular complexity index is 1060. The lowest BCUT2D eigenvalue weighted by Crippen LogP contribution is -2.42. The van der Waals surface area contributed by atoms with E-state index in [4.69, 9.17) is 0 Å². The Morgan fingerprint density at radius 3 is 2.83 bits per heavy atom. The summed E-state index contributed by atoms with van der Waals surface area (Å²) in [5, 5.41) is 7.02. The van der Waals surface area contributed by atoms with Crippen molar-refractivity contribution in [2.75, 3.05) is 13.1 Å². The van der Waals surface area contributed by atoms with Crippen LogP contribution >= 0.6 is 0 Å². The molecule has 3 aromatic heterocycles. The number of carbonyl (C=O) groups is 1. The highest BCUT2D eigenvalue weighted by Gasteiger charge is 2.28. The van der Waals surface area contributed by atoms with Crippen LogP contribution in [-0.4, -0.2) is 48.6 Å².